The van der Waals surface area contributed by atoms with Crippen molar-refractivity contribution in [2.45, 2.75) is 13.8 Å². The van der Waals surface area contributed by atoms with E-state index in [1.165, 1.54) is 7.11 Å². The molecule has 1 aromatic heterocycles. The lowest BCUT2D eigenvalue weighted by molar-refractivity contribution is 0.0602. The quantitative estimate of drug-likeness (QED) is 0.785. The van der Waals surface area contributed by atoms with Crippen LogP contribution >= 0.6 is 0 Å². The fourth-order valence-corrected chi connectivity index (χ4v) is 2.04. The van der Waals surface area contributed by atoms with Gasteiger partial charge in [-0.05, 0) is 32.0 Å². The first-order valence-corrected chi connectivity index (χ1v) is 6.48. The number of aromatic nitrogens is 1. The van der Waals surface area contributed by atoms with Crippen LogP contribution < -0.4 is 9.47 Å². The van der Waals surface area contributed by atoms with Gasteiger partial charge in [0.05, 0.1) is 31.3 Å². The number of hydrogen-bond donors (Lipinski definition) is 0. The van der Waals surface area contributed by atoms with Gasteiger partial charge in [-0.15, -0.1) is 0 Å². The summed E-state index contributed by atoms with van der Waals surface area (Å²) in [6, 6.07) is 5.20. The summed E-state index contributed by atoms with van der Waals surface area (Å²) in [5, 5.41) is 0.618. The molecule has 20 heavy (non-hydrogen) atoms. The second-order valence-corrected chi connectivity index (χ2v) is 4.00. The average Bonchev–Trinajstić information content (AvgIpc) is 2.48. The van der Waals surface area contributed by atoms with E-state index in [0.29, 0.717) is 41.2 Å². The van der Waals surface area contributed by atoms with Crippen LogP contribution in [0.5, 0.6) is 11.5 Å². The lowest BCUT2D eigenvalue weighted by Gasteiger charge is -2.13. The Kier molecular flexibility index (Phi) is 4.40. The van der Waals surface area contributed by atoms with E-state index in [1.807, 2.05) is 13.8 Å². The van der Waals surface area contributed by atoms with E-state index in [-0.39, 0.29) is 0 Å². The van der Waals surface area contributed by atoms with E-state index in [4.69, 9.17) is 14.2 Å². The van der Waals surface area contributed by atoms with Crippen LogP contribution in [0.2, 0.25) is 0 Å². The summed E-state index contributed by atoms with van der Waals surface area (Å²) in [6.45, 7) is 4.80. The van der Waals surface area contributed by atoms with E-state index in [9.17, 15) is 4.79 Å². The number of pyridine rings is 1. The maximum Gasteiger partial charge on any atom is 0.338 e. The van der Waals surface area contributed by atoms with Crippen molar-refractivity contribution in [2.75, 3.05) is 20.3 Å². The van der Waals surface area contributed by atoms with E-state index < -0.39 is 5.97 Å². The smallest absolute Gasteiger partial charge is 0.338 e. The van der Waals surface area contributed by atoms with Crippen molar-refractivity contribution in [3.05, 3.63) is 30.0 Å². The molecule has 2 aromatic rings. The van der Waals surface area contributed by atoms with E-state index in [2.05, 4.69) is 4.98 Å². The van der Waals surface area contributed by atoms with Gasteiger partial charge in [0.25, 0.3) is 0 Å². The molecule has 0 radical (unpaired) electrons. The highest BCUT2D eigenvalue weighted by molar-refractivity contribution is 6.07. The Morgan fingerprint density at radius 3 is 2.40 bits per heavy atom. The van der Waals surface area contributed by atoms with Gasteiger partial charge >= 0.3 is 5.97 Å². The van der Waals surface area contributed by atoms with Crippen molar-refractivity contribution in [3.63, 3.8) is 0 Å². The predicted molar refractivity (Wildman–Crippen MR) is 75.4 cm³/mol. The Labute approximate surface area is 117 Å². The Balaban J connectivity index is 2.74. The fraction of sp³-hybridized carbons (Fsp3) is 0.333. The molecule has 0 aliphatic heterocycles. The number of rotatable bonds is 5. The van der Waals surface area contributed by atoms with E-state index in [0.717, 1.165) is 0 Å². The van der Waals surface area contributed by atoms with Gasteiger partial charge < -0.3 is 14.2 Å². The third-order valence-electron chi connectivity index (χ3n) is 2.82. The summed E-state index contributed by atoms with van der Waals surface area (Å²) in [7, 11) is 1.35. The van der Waals surface area contributed by atoms with Crippen molar-refractivity contribution >= 4 is 16.9 Å². The molecule has 5 heteroatoms. The molecule has 1 heterocycles. The molecule has 5 nitrogen and oxygen atoms in total. The van der Waals surface area contributed by atoms with Crippen molar-refractivity contribution in [3.8, 4) is 11.5 Å². The van der Waals surface area contributed by atoms with Crippen LogP contribution in [0.15, 0.2) is 24.4 Å². The molecule has 0 unspecified atom stereocenters. The molecule has 0 bridgehead atoms. The topological polar surface area (TPSA) is 57.7 Å². The molecule has 0 aliphatic carbocycles. The van der Waals surface area contributed by atoms with Crippen LogP contribution in [0, 0.1) is 0 Å². The third kappa shape index (κ3) is 2.52. The number of carbonyl (C=O) groups is 1. The minimum absolute atomic E-state index is 0.419. The standard InChI is InChI=1S/C15H17NO4/c1-4-19-11-6-7-12(20-5-2)14-13(11)10(8-9-16-14)15(17)18-3/h6-9H,4-5H2,1-3H3. The second kappa shape index (κ2) is 6.23. The molecule has 0 saturated carbocycles. The van der Waals surface area contributed by atoms with Crippen molar-refractivity contribution in [1.82, 2.24) is 4.98 Å². The SMILES string of the molecule is CCOc1ccc(OCC)c2c(C(=O)OC)ccnc12. The third-order valence-corrected chi connectivity index (χ3v) is 2.82. The van der Waals surface area contributed by atoms with Gasteiger partial charge in [0.1, 0.15) is 17.0 Å². The van der Waals surface area contributed by atoms with Crippen LogP contribution in [0.3, 0.4) is 0 Å². The highest BCUT2D eigenvalue weighted by atomic mass is 16.5. The summed E-state index contributed by atoms with van der Waals surface area (Å²) in [5.41, 5.74) is 1.02. The number of benzene rings is 1. The molecule has 106 valence electrons. The molecule has 2 rings (SSSR count). The van der Waals surface area contributed by atoms with Gasteiger partial charge in [-0.25, -0.2) is 4.79 Å². The Hall–Kier alpha value is -2.30. The van der Waals surface area contributed by atoms with E-state index in [1.54, 1.807) is 24.4 Å². The first-order valence-electron chi connectivity index (χ1n) is 6.48. The van der Waals surface area contributed by atoms with Gasteiger partial charge in [0.15, 0.2) is 0 Å². The summed E-state index contributed by atoms with van der Waals surface area (Å²) in [6.07, 6.45) is 1.56. The number of hydrogen-bond acceptors (Lipinski definition) is 5. The minimum Gasteiger partial charge on any atom is -0.493 e. The minimum atomic E-state index is -0.424. The molecule has 0 amide bonds. The van der Waals surface area contributed by atoms with Gasteiger partial charge in [-0.2, -0.15) is 0 Å². The normalized spacial score (nSPS) is 10.3. The van der Waals surface area contributed by atoms with Crippen LogP contribution in [-0.4, -0.2) is 31.3 Å². The van der Waals surface area contributed by atoms with Gasteiger partial charge in [-0.1, -0.05) is 0 Å². The highest BCUT2D eigenvalue weighted by Crippen LogP contribution is 2.34. The molecule has 0 spiro atoms. The molecule has 1 aromatic carbocycles. The number of fused-ring (bicyclic) bond motifs is 1. The average molecular weight is 275 g/mol. The molecule has 0 aliphatic rings. The largest absolute Gasteiger partial charge is 0.493 e. The Bertz CT molecular complexity index is 625. The van der Waals surface area contributed by atoms with Crippen LogP contribution in [0.25, 0.3) is 10.9 Å². The second-order valence-electron chi connectivity index (χ2n) is 4.00. The summed E-state index contributed by atoms with van der Waals surface area (Å²) < 4.78 is 15.9. The number of esters is 1. The number of methoxy groups -OCH3 is 1. The molecular formula is C15H17NO4. The number of nitrogens with zero attached hydrogens (tertiary/aromatic N) is 1. The van der Waals surface area contributed by atoms with Gasteiger partial charge in [0, 0.05) is 6.20 Å². The zero-order valence-electron chi connectivity index (χ0n) is 11.8. The lowest BCUT2D eigenvalue weighted by atomic mass is 10.1. The molecule has 0 atom stereocenters. The first-order chi connectivity index (χ1) is 9.72. The Morgan fingerprint density at radius 2 is 1.75 bits per heavy atom. The predicted octanol–water partition coefficient (Wildman–Crippen LogP) is 2.82. The van der Waals surface area contributed by atoms with E-state index >= 15 is 0 Å². The Morgan fingerprint density at radius 1 is 1.10 bits per heavy atom. The van der Waals surface area contributed by atoms with Crippen LogP contribution in [0.1, 0.15) is 24.2 Å². The monoisotopic (exact) mass is 275 g/mol. The number of ether oxygens (including phenoxy) is 3. The highest BCUT2D eigenvalue weighted by Gasteiger charge is 2.18. The molecule has 0 fully saturated rings. The van der Waals surface area contributed by atoms with Gasteiger partial charge in [0.2, 0.25) is 0 Å². The van der Waals surface area contributed by atoms with Gasteiger partial charge in [-0.3, -0.25) is 4.98 Å². The van der Waals surface area contributed by atoms with Crippen molar-refractivity contribution in [1.29, 1.82) is 0 Å². The maximum absolute atomic E-state index is 11.9. The fourth-order valence-electron chi connectivity index (χ4n) is 2.04. The molecular weight excluding hydrogens is 258 g/mol. The van der Waals surface area contributed by atoms with Crippen molar-refractivity contribution < 1.29 is 19.0 Å². The molecule has 0 saturated heterocycles. The first kappa shape index (κ1) is 14.1. The van der Waals surface area contributed by atoms with Crippen molar-refractivity contribution in [2.24, 2.45) is 0 Å². The molecule has 0 N–H and O–H groups in total. The summed E-state index contributed by atoms with van der Waals surface area (Å²) in [4.78, 5) is 16.2. The van der Waals surface area contributed by atoms with Crippen LogP contribution in [0.4, 0.5) is 0 Å². The number of carbonyl (C=O) groups excluding carboxylic acids is 1. The van der Waals surface area contributed by atoms with Crippen LogP contribution in [-0.2, 0) is 4.74 Å². The zero-order valence-corrected chi connectivity index (χ0v) is 11.8. The summed E-state index contributed by atoms with van der Waals surface area (Å²) >= 11 is 0. The zero-order chi connectivity index (χ0) is 14.5. The maximum atomic E-state index is 11.9. The summed E-state index contributed by atoms with van der Waals surface area (Å²) in [5.74, 6) is 0.795. The lowest BCUT2D eigenvalue weighted by Crippen LogP contribution is -2.05.